The fraction of sp³-hybridized carbons (Fsp3) is 0.462. The summed E-state index contributed by atoms with van der Waals surface area (Å²) in [5, 5.41) is 12.0. The molecule has 1 N–H and O–H groups in total. The molecule has 0 aliphatic carbocycles. The molecule has 0 aromatic heterocycles. The second kappa shape index (κ2) is 6.22. The van der Waals surface area contributed by atoms with E-state index in [-0.39, 0.29) is 10.6 Å². The Bertz CT molecular complexity index is 614. The van der Waals surface area contributed by atoms with Crippen LogP contribution in [0.5, 0.6) is 5.75 Å². The van der Waals surface area contributed by atoms with Gasteiger partial charge in [0, 0.05) is 19.6 Å². The lowest BCUT2D eigenvalue weighted by molar-refractivity contribution is 0.393. The molecule has 1 aromatic rings. The topological polar surface area (TPSA) is 82.4 Å². The van der Waals surface area contributed by atoms with Gasteiger partial charge in [0.1, 0.15) is 10.6 Å². The summed E-state index contributed by atoms with van der Waals surface area (Å²) >= 11 is 0. The molecule has 1 aliphatic heterocycles. The molecule has 2 rings (SSSR count). The third-order valence-corrected chi connectivity index (χ3v) is 5.15. The largest absolute Gasteiger partial charge is 0.495 e. The van der Waals surface area contributed by atoms with Gasteiger partial charge in [-0.2, -0.15) is 9.57 Å². The van der Waals surface area contributed by atoms with Gasteiger partial charge in [0.05, 0.1) is 18.7 Å². The van der Waals surface area contributed by atoms with Crippen LogP contribution < -0.4 is 10.1 Å². The number of benzene rings is 1. The Morgan fingerprint density at radius 3 is 2.85 bits per heavy atom. The maximum absolute atomic E-state index is 12.7. The van der Waals surface area contributed by atoms with E-state index in [9.17, 15) is 8.42 Å². The Balaban J connectivity index is 2.40. The Hall–Kier alpha value is -1.62. The number of nitrogens with zero attached hydrogens (tertiary/aromatic N) is 2. The van der Waals surface area contributed by atoms with Crippen LogP contribution in [0.25, 0.3) is 0 Å². The third-order valence-electron chi connectivity index (χ3n) is 3.21. The first-order valence-electron chi connectivity index (χ1n) is 6.38. The van der Waals surface area contributed by atoms with Gasteiger partial charge >= 0.3 is 0 Å². The molecule has 20 heavy (non-hydrogen) atoms. The standard InChI is InChI=1S/C13H17N3O3S/c1-19-12-9-11(10-14)3-4-13(12)20(17,18)16-7-2-5-15-6-8-16/h3-4,9,15H,2,5-8H2,1H3. The van der Waals surface area contributed by atoms with Crippen molar-refractivity contribution in [2.45, 2.75) is 11.3 Å². The zero-order chi connectivity index (χ0) is 14.6. The van der Waals surface area contributed by atoms with E-state index in [0.29, 0.717) is 25.2 Å². The van der Waals surface area contributed by atoms with Gasteiger partial charge in [-0.25, -0.2) is 8.42 Å². The maximum Gasteiger partial charge on any atom is 0.246 e. The molecular weight excluding hydrogens is 278 g/mol. The minimum atomic E-state index is -3.59. The first-order valence-corrected chi connectivity index (χ1v) is 7.82. The monoisotopic (exact) mass is 295 g/mol. The van der Waals surface area contributed by atoms with Gasteiger partial charge in [-0.3, -0.25) is 0 Å². The van der Waals surface area contributed by atoms with E-state index in [0.717, 1.165) is 13.0 Å². The van der Waals surface area contributed by atoms with Crippen molar-refractivity contribution in [2.75, 3.05) is 33.3 Å². The second-order valence-corrected chi connectivity index (χ2v) is 6.39. The summed E-state index contributed by atoms with van der Waals surface area (Å²) in [5.41, 5.74) is 0.373. The lowest BCUT2D eigenvalue weighted by atomic mass is 10.2. The van der Waals surface area contributed by atoms with Crippen LogP contribution in [0.1, 0.15) is 12.0 Å². The summed E-state index contributed by atoms with van der Waals surface area (Å²) in [7, 11) is -2.19. The predicted molar refractivity (Wildman–Crippen MR) is 74.0 cm³/mol. The Labute approximate surface area is 119 Å². The number of methoxy groups -OCH3 is 1. The number of sulfonamides is 1. The van der Waals surface area contributed by atoms with Gasteiger partial charge < -0.3 is 10.1 Å². The molecule has 7 heteroatoms. The first-order chi connectivity index (χ1) is 9.59. The number of nitriles is 1. The zero-order valence-corrected chi connectivity index (χ0v) is 12.1. The van der Waals surface area contributed by atoms with E-state index >= 15 is 0 Å². The van der Waals surface area contributed by atoms with E-state index in [2.05, 4.69) is 5.32 Å². The minimum Gasteiger partial charge on any atom is -0.495 e. The highest BCUT2D eigenvalue weighted by molar-refractivity contribution is 7.89. The summed E-state index contributed by atoms with van der Waals surface area (Å²) in [4.78, 5) is 0.112. The second-order valence-electron chi connectivity index (χ2n) is 4.49. The predicted octanol–water partition coefficient (Wildman–Crippen LogP) is 0.551. The summed E-state index contributed by atoms with van der Waals surface area (Å²) in [6.45, 7) is 2.37. The molecule has 1 saturated heterocycles. The lowest BCUT2D eigenvalue weighted by Gasteiger charge is -2.21. The van der Waals surface area contributed by atoms with E-state index < -0.39 is 10.0 Å². The van der Waals surface area contributed by atoms with Gasteiger partial charge in [0.2, 0.25) is 10.0 Å². The van der Waals surface area contributed by atoms with Gasteiger partial charge in [-0.15, -0.1) is 0 Å². The number of rotatable bonds is 3. The van der Waals surface area contributed by atoms with Crippen LogP contribution in [0.4, 0.5) is 0 Å². The molecule has 0 bridgehead atoms. The van der Waals surface area contributed by atoms with Crippen LogP contribution in [0.15, 0.2) is 23.1 Å². The molecular formula is C13H17N3O3S. The average Bonchev–Trinajstić information content (AvgIpc) is 2.76. The van der Waals surface area contributed by atoms with Gasteiger partial charge in [-0.1, -0.05) is 0 Å². The van der Waals surface area contributed by atoms with Crippen LogP contribution >= 0.6 is 0 Å². The molecule has 0 atom stereocenters. The van der Waals surface area contributed by atoms with Crippen molar-refractivity contribution in [3.8, 4) is 11.8 Å². The van der Waals surface area contributed by atoms with Gasteiger partial charge in [0.25, 0.3) is 0 Å². The lowest BCUT2D eigenvalue weighted by Crippen LogP contribution is -2.34. The highest BCUT2D eigenvalue weighted by Gasteiger charge is 2.28. The average molecular weight is 295 g/mol. The Morgan fingerprint density at radius 1 is 1.35 bits per heavy atom. The molecule has 1 fully saturated rings. The molecule has 1 heterocycles. The number of hydrogen-bond donors (Lipinski definition) is 1. The fourth-order valence-electron chi connectivity index (χ4n) is 2.15. The SMILES string of the molecule is COc1cc(C#N)ccc1S(=O)(=O)N1CCCNCC1. The molecule has 0 unspecified atom stereocenters. The molecule has 0 amide bonds. The van der Waals surface area contributed by atoms with E-state index in [1.165, 1.54) is 29.6 Å². The summed E-state index contributed by atoms with van der Waals surface area (Å²) in [5.74, 6) is 0.209. The highest BCUT2D eigenvalue weighted by Crippen LogP contribution is 2.28. The van der Waals surface area contributed by atoms with Crippen molar-refractivity contribution in [1.29, 1.82) is 5.26 Å². The summed E-state index contributed by atoms with van der Waals surface area (Å²) in [6, 6.07) is 6.35. The van der Waals surface area contributed by atoms with Crippen LogP contribution in [-0.4, -0.2) is 46.0 Å². The summed E-state index contributed by atoms with van der Waals surface area (Å²) < 4.78 is 31.9. The number of ether oxygens (including phenoxy) is 1. The third kappa shape index (κ3) is 2.93. The number of hydrogen-bond acceptors (Lipinski definition) is 5. The first kappa shape index (κ1) is 14.8. The van der Waals surface area contributed by atoms with Crippen molar-refractivity contribution < 1.29 is 13.2 Å². The van der Waals surface area contributed by atoms with Crippen molar-refractivity contribution in [1.82, 2.24) is 9.62 Å². The minimum absolute atomic E-state index is 0.112. The van der Waals surface area contributed by atoms with Crippen molar-refractivity contribution in [3.05, 3.63) is 23.8 Å². The van der Waals surface area contributed by atoms with E-state index in [1.54, 1.807) is 0 Å². The van der Waals surface area contributed by atoms with Crippen molar-refractivity contribution in [2.24, 2.45) is 0 Å². The highest BCUT2D eigenvalue weighted by atomic mass is 32.2. The Kier molecular flexibility index (Phi) is 4.60. The smallest absolute Gasteiger partial charge is 0.246 e. The molecule has 0 spiro atoms. The van der Waals surface area contributed by atoms with Gasteiger partial charge in [0.15, 0.2) is 0 Å². The van der Waals surface area contributed by atoms with Crippen molar-refractivity contribution in [3.63, 3.8) is 0 Å². The molecule has 6 nitrogen and oxygen atoms in total. The maximum atomic E-state index is 12.7. The molecule has 1 aromatic carbocycles. The fourth-order valence-corrected chi connectivity index (χ4v) is 3.77. The van der Waals surface area contributed by atoms with Crippen LogP contribution in [-0.2, 0) is 10.0 Å². The molecule has 0 radical (unpaired) electrons. The zero-order valence-electron chi connectivity index (χ0n) is 11.3. The van der Waals surface area contributed by atoms with Crippen molar-refractivity contribution >= 4 is 10.0 Å². The van der Waals surface area contributed by atoms with E-state index in [4.69, 9.17) is 10.00 Å². The van der Waals surface area contributed by atoms with Gasteiger partial charge in [-0.05, 0) is 31.2 Å². The van der Waals surface area contributed by atoms with Crippen LogP contribution in [0.2, 0.25) is 0 Å². The molecule has 0 saturated carbocycles. The molecule has 1 aliphatic rings. The quantitative estimate of drug-likeness (QED) is 0.880. The number of nitrogens with one attached hydrogen (secondary N) is 1. The van der Waals surface area contributed by atoms with E-state index in [1.807, 2.05) is 6.07 Å². The Morgan fingerprint density at radius 2 is 2.15 bits per heavy atom. The molecule has 108 valence electrons. The van der Waals surface area contributed by atoms with Crippen LogP contribution in [0, 0.1) is 11.3 Å². The normalized spacial score (nSPS) is 17.2. The summed E-state index contributed by atoms with van der Waals surface area (Å²) in [6.07, 6.45) is 0.776. The van der Waals surface area contributed by atoms with Crippen LogP contribution in [0.3, 0.4) is 0 Å².